The van der Waals surface area contributed by atoms with E-state index in [2.05, 4.69) is 13.8 Å². The summed E-state index contributed by atoms with van der Waals surface area (Å²) >= 11 is 0. The van der Waals surface area contributed by atoms with Crippen LogP contribution in [-0.4, -0.2) is 42.8 Å². The number of benzene rings is 2. The van der Waals surface area contributed by atoms with Crippen LogP contribution in [0.3, 0.4) is 0 Å². The highest BCUT2D eigenvalue weighted by Crippen LogP contribution is 2.38. The lowest BCUT2D eigenvalue weighted by molar-refractivity contribution is -0.896. The number of halogens is 1. The van der Waals surface area contributed by atoms with Crippen LogP contribution < -0.4 is 10.0 Å². The molecular weight excluding hydrogens is 383 g/mol. The van der Waals surface area contributed by atoms with E-state index in [-0.39, 0.29) is 5.57 Å². The van der Waals surface area contributed by atoms with E-state index in [0.717, 1.165) is 19.6 Å². The zero-order valence-electron chi connectivity index (χ0n) is 17.4. The lowest BCUT2D eigenvalue weighted by atomic mass is 9.95. The fourth-order valence-corrected chi connectivity index (χ4v) is 3.94. The van der Waals surface area contributed by atoms with E-state index in [1.807, 2.05) is 0 Å². The third-order valence-electron chi connectivity index (χ3n) is 5.68. The minimum Gasteiger partial charge on any atom is -0.872 e. The van der Waals surface area contributed by atoms with Crippen molar-refractivity contribution in [3.8, 4) is 0 Å². The highest BCUT2D eigenvalue weighted by atomic mass is 19.1. The van der Waals surface area contributed by atoms with Crippen LogP contribution in [0.15, 0.2) is 60.2 Å². The van der Waals surface area contributed by atoms with Crippen LogP contribution in [-0.2, 0) is 9.59 Å². The van der Waals surface area contributed by atoms with Crippen molar-refractivity contribution >= 4 is 17.4 Å². The molecule has 6 heteroatoms. The van der Waals surface area contributed by atoms with E-state index >= 15 is 0 Å². The fraction of sp³-hybridized carbons (Fsp3) is 0.333. The van der Waals surface area contributed by atoms with Crippen LogP contribution in [0.1, 0.15) is 37.4 Å². The van der Waals surface area contributed by atoms with Gasteiger partial charge in [-0.05, 0) is 37.1 Å². The van der Waals surface area contributed by atoms with Crippen molar-refractivity contribution in [3.05, 3.63) is 77.1 Å². The van der Waals surface area contributed by atoms with Gasteiger partial charge >= 0.3 is 0 Å². The number of ketones is 1. The molecule has 0 saturated carbocycles. The molecule has 0 aliphatic carbocycles. The molecule has 2 aromatic carbocycles. The minimum atomic E-state index is -0.801. The van der Waals surface area contributed by atoms with Gasteiger partial charge in [-0.25, -0.2) is 4.39 Å². The highest BCUT2D eigenvalue weighted by Gasteiger charge is 2.43. The van der Waals surface area contributed by atoms with Crippen molar-refractivity contribution in [2.24, 2.45) is 0 Å². The SMILES string of the molecule is CC[NH+](CC)CCCN1C(=O)C(=O)/C(=C(/[O-])c2ccccc2)C1c1ccc(F)cc1. The first-order valence-corrected chi connectivity index (χ1v) is 10.4. The van der Waals surface area contributed by atoms with Crippen molar-refractivity contribution in [3.63, 3.8) is 0 Å². The molecule has 1 saturated heterocycles. The van der Waals surface area contributed by atoms with Gasteiger partial charge in [0, 0.05) is 18.5 Å². The number of hydrogen-bond acceptors (Lipinski definition) is 3. The molecule has 1 heterocycles. The van der Waals surface area contributed by atoms with Gasteiger partial charge in [-0.1, -0.05) is 48.2 Å². The third kappa shape index (κ3) is 4.44. The van der Waals surface area contributed by atoms with Gasteiger partial charge in [0.2, 0.25) is 5.78 Å². The molecule has 3 rings (SSSR count). The largest absolute Gasteiger partial charge is 0.872 e. The maximum Gasteiger partial charge on any atom is 0.295 e. The summed E-state index contributed by atoms with van der Waals surface area (Å²) in [5.41, 5.74) is 0.855. The Bertz CT molecular complexity index is 921. The molecule has 0 radical (unpaired) electrons. The topological polar surface area (TPSA) is 64.9 Å². The molecule has 158 valence electrons. The number of carbonyl (C=O) groups is 2. The number of rotatable bonds is 8. The van der Waals surface area contributed by atoms with Crippen LogP contribution in [0, 0.1) is 5.82 Å². The van der Waals surface area contributed by atoms with E-state index < -0.39 is 29.3 Å². The van der Waals surface area contributed by atoms with Gasteiger partial charge in [0.25, 0.3) is 5.91 Å². The van der Waals surface area contributed by atoms with E-state index in [4.69, 9.17) is 0 Å². The number of Topliss-reactive ketones (excluding diaryl/α,β-unsaturated/α-hetero) is 1. The van der Waals surface area contributed by atoms with Crippen LogP contribution >= 0.6 is 0 Å². The van der Waals surface area contributed by atoms with E-state index in [0.29, 0.717) is 24.1 Å². The predicted molar refractivity (Wildman–Crippen MR) is 111 cm³/mol. The van der Waals surface area contributed by atoms with Gasteiger partial charge in [-0.15, -0.1) is 0 Å². The molecule has 1 atom stereocenters. The lowest BCUT2D eigenvalue weighted by Gasteiger charge is -2.28. The van der Waals surface area contributed by atoms with E-state index in [9.17, 15) is 19.1 Å². The molecule has 1 N–H and O–H groups in total. The molecule has 0 bridgehead atoms. The smallest absolute Gasteiger partial charge is 0.295 e. The van der Waals surface area contributed by atoms with Crippen molar-refractivity contribution in [2.45, 2.75) is 26.3 Å². The first-order valence-electron chi connectivity index (χ1n) is 10.4. The molecule has 1 aliphatic rings. The molecule has 1 amide bonds. The van der Waals surface area contributed by atoms with Gasteiger partial charge in [-0.2, -0.15) is 0 Å². The minimum absolute atomic E-state index is 0.0620. The monoisotopic (exact) mass is 410 g/mol. The summed E-state index contributed by atoms with van der Waals surface area (Å²) in [5.74, 6) is -2.31. The highest BCUT2D eigenvalue weighted by molar-refractivity contribution is 6.46. The molecule has 1 unspecified atom stereocenters. The molecule has 5 nitrogen and oxygen atoms in total. The maximum atomic E-state index is 13.5. The Morgan fingerprint density at radius 3 is 2.27 bits per heavy atom. The summed E-state index contributed by atoms with van der Waals surface area (Å²) in [7, 11) is 0. The second-order valence-electron chi connectivity index (χ2n) is 7.45. The Morgan fingerprint density at radius 1 is 1.03 bits per heavy atom. The Hall–Kier alpha value is -2.99. The first-order chi connectivity index (χ1) is 14.5. The summed E-state index contributed by atoms with van der Waals surface area (Å²) in [4.78, 5) is 28.6. The number of amides is 1. The Morgan fingerprint density at radius 2 is 1.67 bits per heavy atom. The van der Waals surface area contributed by atoms with Gasteiger partial charge in [0.1, 0.15) is 5.82 Å². The van der Waals surface area contributed by atoms with Crippen molar-refractivity contribution in [1.82, 2.24) is 4.90 Å². The number of hydrogen-bond donors (Lipinski definition) is 1. The van der Waals surface area contributed by atoms with Crippen LogP contribution in [0.2, 0.25) is 0 Å². The molecule has 0 aromatic heterocycles. The fourth-order valence-electron chi connectivity index (χ4n) is 3.94. The molecule has 1 fully saturated rings. The second kappa shape index (κ2) is 9.67. The normalized spacial score (nSPS) is 18.4. The third-order valence-corrected chi connectivity index (χ3v) is 5.68. The summed E-state index contributed by atoms with van der Waals surface area (Å²) < 4.78 is 13.5. The number of carbonyl (C=O) groups excluding carboxylic acids is 2. The quantitative estimate of drug-likeness (QED) is 0.406. The number of nitrogens with one attached hydrogen (secondary N) is 1. The van der Waals surface area contributed by atoms with Gasteiger partial charge in [-0.3, -0.25) is 9.59 Å². The molecule has 0 spiro atoms. The van der Waals surface area contributed by atoms with Crippen LogP contribution in [0.5, 0.6) is 0 Å². The summed E-state index contributed by atoms with van der Waals surface area (Å²) in [6, 6.07) is 13.3. The number of quaternary nitrogens is 1. The average Bonchev–Trinajstić information content (AvgIpc) is 3.02. The summed E-state index contributed by atoms with van der Waals surface area (Å²) in [6.45, 7) is 7.40. The van der Waals surface area contributed by atoms with Gasteiger partial charge in [0.05, 0.1) is 25.7 Å². The van der Waals surface area contributed by atoms with Crippen LogP contribution in [0.25, 0.3) is 5.76 Å². The number of likely N-dealkylation sites (tertiary alicyclic amines) is 1. The van der Waals surface area contributed by atoms with Crippen molar-refractivity contribution in [1.29, 1.82) is 0 Å². The van der Waals surface area contributed by atoms with Gasteiger partial charge in [0.15, 0.2) is 0 Å². The Kier molecular flexibility index (Phi) is 7.00. The first kappa shape index (κ1) is 21.7. The van der Waals surface area contributed by atoms with E-state index in [1.165, 1.54) is 34.1 Å². The molecule has 30 heavy (non-hydrogen) atoms. The zero-order valence-corrected chi connectivity index (χ0v) is 17.4. The molecular formula is C24H27FN2O3. The lowest BCUT2D eigenvalue weighted by Crippen LogP contribution is -3.11. The molecule has 2 aromatic rings. The van der Waals surface area contributed by atoms with Gasteiger partial charge < -0.3 is 14.9 Å². The number of nitrogens with zero attached hydrogens (tertiary/aromatic N) is 1. The second-order valence-corrected chi connectivity index (χ2v) is 7.45. The zero-order chi connectivity index (χ0) is 21.7. The van der Waals surface area contributed by atoms with Crippen molar-refractivity contribution < 1.29 is 24.0 Å². The average molecular weight is 410 g/mol. The van der Waals surface area contributed by atoms with Crippen molar-refractivity contribution in [2.75, 3.05) is 26.2 Å². The van der Waals surface area contributed by atoms with Crippen LogP contribution in [0.4, 0.5) is 4.39 Å². The predicted octanol–water partition coefficient (Wildman–Crippen LogP) is 1.36. The Labute approximate surface area is 176 Å². The summed E-state index contributed by atoms with van der Waals surface area (Å²) in [5, 5.41) is 13.2. The summed E-state index contributed by atoms with van der Waals surface area (Å²) in [6.07, 6.45) is 0.709. The Balaban J connectivity index is 2.00. The van der Waals surface area contributed by atoms with E-state index in [1.54, 1.807) is 30.3 Å². The molecule has 1 aliphatic heterocycles. The maximum absolute atomic E-state index is 13.5. The standard InChI is InChI=1S/C24H27FN2O3/c1-3-26(4-2)15-8-16-27-21(17-11-13-19(25)14-12-17)20(23(29)24(27)30)22(28)18-9-6-5-7-10-18/h5-7,9-14,21,28H,3-4,8,15-16H2,1-2H3/b22-20+.